The molecule has 0 spiro atoms. The van der Waals surface area contributed by atoms with E-state index in [2.05, 4.69) is 31.1 Å². The van der Waals surface area contributed by atoms with Gasteiger partial charge < -0.3 is 15.0 Å². The summed E-state index contributed by atoms with van der Waals surface area (Å²) < 4.78 is 5.38. The summed E-state index contributed by atoms with van der Waals surface area (Å²) in [6, 6.07) is 0.730. The van der Waals surface area contributed by atoms with Gasteiger partial charge in [0.2, 0.25) is 0 Å². The van der Waals surface area contributed by atoms with Crippen molar-refractivity contribution in [1.29, 1.82) is 0 Å². The van der Waals surface area contributed by atoms with Crippen LogP contribution in [0.15, 0.2) is 0 Å². The fourth-order valence-electron chi connectivity index (χ4n) is 2.64. The van der Waals surface area contributed by atoms with Gasteiger partial charge in [-0.05, 0) is 39.3 Å². The monoisotopic (exact) mass is 228 g/mol. The molecule has 0 bridgehead atoms. The van der Waals surface area contributed by atoms with E-state index in [1.54, 1.807) is 0 Å². The van der Waals surface area contributed by atoms with Crippen molar-refractivity contribution in [2.75, 3.05) is 39.9 Å². The van der Waals surface area contributed by atoms with Gasteiger partial charge in [0.1, 0.15) is 0 Å². The SMILES string of the molecule is CCOCCCN1CCC(NC)C(CC)C1. The van der Waals surface area contributed by atoms with Crippen LogP contribution in [0.4, 0.5) is 0 Å². The van der Waals surface area contributed by atoms with Crippen LogP contribution in [0.3, 0.4) is 0 Å². The van der Waals surface area contributed by atoms with Gasteiger partial charge >= 0.3 is 0 Å². The molecule has 16 heavy (non-hydrogen) atoms. The largest absolute Gasteiger partial charge is 0.382 e. The summed E-state index contributed by atoms with van der Waals surface area (Å²) >= 11 is 0. The molecule has 96 valence electrons. The van der Waals surface area contributed by atoms with Gasteiger partial charge in [-0.3, -0.25) is 0 Å². The van der Waals surface area contributed by atoms with Gasteiger partial charge in [-0.15, -0.1) is 0 Å². The molecule has 1 aliphatic rings. The minimum atomic E-state index is 0.730. The Bertz CT molecular complexity index is 175. The van der Waals surface area contributed by atoms with Gasteiger partial charge in [-0.1, -0.05) is 13.3 Å². The Balaban J connectivity index is 2.20. The molecule has 2 atom stereocenters. The quantitative estimate of drug-likeness (QED) is 0.672. The van der Waals surface area contributed by atoms with E-state index < -0.39 is 0 Å². The molecule has 1 N–H and O–H groups in total. The summed E-state index contributed by atoms with van der Waals surface area (Å²) in [6.45, 7) is 9.83. The molecular weight excluding hydrogens is 200 g/mol. The molecule has 1 heterocycles. The Labute approximate surface area is 101 Å². The fraction of sp³-hybridized carbons (Fsp3) is 1.00. The lowest BCUT2D eigenvalue weighted by Crippen LogP contribution is -2.48. The van der Waals surface area contributed by atoms with Crippen LogP contribution in [0.1, 0.15) is 33.1 Å². The van der Waals surface area contributed by atoms with Crippen molar-refractivity contribution < 1.29 is 4.74 Å². The molecule has 1 aliphatic heterocycles. The van der Waals surface area contributed by atoms with Gasteiger partial charge in [0.25, 0.3) is 0 Å². The molecule has 1 fully saturated rings. The summed E-state index contributed by atoms with van der Waals surface area (Å²) in [5.74, 6) is 0.825. The van der Waals surface area contributed by atoms with Crippen molar-refractivity contribution in [3.8, 4) is 0 Å². The van der Waals surface area contributed by atoms with Gasteiger partial charge in [-0.2, -0.15) is 0 Å². The maximum Gasteiger partial charge on any atom is 0.0478 e. The van der Waals surface area contributed by atoms with Crippen molar-refractivity contribution in [3.63, 3.8) is 0 Å². The third-order valence-corrected chi connectivity index (χ3v) is 3.68. The van der Waals surface area contributed by atoms with E-state index in [1.165, 1.54) is 38.9 Å². The van der Waals surface area contributed by atoms with Crippen molar-refractivity contribution in [1.82, 2.24) is 10.2 Å². The Hall–Kier alpha value is -0.120. The first-order chi connectivity index (χ1) is 7.81. The second kappa shape index (κ2) is 8.04. The zero-order valence-electron chi connectivity index (χ0n) is 11.2. The number of rotatable bonds is 7. The van der Waals surface area contributed by atoms with Crippen LogP contribution in [0, 0.1) is 5.92 Å². The summed E-state index contributed by atoms with van der Waals surface area (Å²) in [6.07, 6.45) is 3.76. The van der Waals surface area contributed by atoms with Crippen molar-refractivity contribution in [2.45, 2.75) is 39.2 Å². The standard InChI is InChI=1S/C13H28N2O/c1-4-12-11-15(8-6-10-16-5-2)9-7-13(12)14-3/h12-14H,4-11H2,1-3H3. The van der Waals surface area contributed by atoms with E-state index in [0.29, 0.717) is 0 Å². The number of ether oxygens (including phenoxy) is 1. The lowest BCUT2D eigenvalue weighted by molar-refractivity contribution is 0.105. The van der Waals surface area contributed by atoms with Crippen LogP contribution in [-0.4, -0.2) is 50.8 Å². The summed E-state index contributed by atoms with van der Waals surface area (Å²) in [5.41, 5.74) is 0. The van der Waals surface area contributed by atoms with Crippen molar-refractivity contribution >= 4 is 0 Å². The predicted octanol–water partition coefficient (Wildman–Crippen LogP) is 1.73. The fourth-order valence-corrected chi connectivity index (χ4v) is 2.64. The molecule has 0 saturated carbocycles. The Kier molecular flexibility index (Phi) is 7.01. The van der Waals surface area contributed by atoms with Crippen molar-refractivity contribution in [3.05, 3.63) is 0 Å². The Morgan fingerprint density at radius 2 is 2.19 bits per heavy atom. The third kappa shape index (κ3) is 4.40. The third-order valence-electron chi connectivity index (χ3n) is 3.68. The maximum absolute atomic E-state index is 5.38. The van der Waals surface area contributed by atoms with Gasteiger partial charge in [0.05, 0.1) is 0 Å². The van der Waals surface area contributed by atoms with Crippen LogP contribution in [0.2, 0.25) is 0 Å². The Morgan fingerprint density at radius 3 is 2.81 bits per heavy atom. The molecule has 0 radical (unpaired) electrons. The summed E-state index contributed by atoms with van der Waals surface area (Å²) in [5, 5.41) is 3.45. The average molecular weight is 228 g/mol. The number of hydrogen-bond acceptors (Lipinski definition) is 3. The van der Waals surface area contributed by atoms with Crippen molar-refractivity contribution in [2.24, 2.45) is 5.92 Å². The average Bonchev–Trinajstić information content (AvgIpc) is 2.34. The highest BCUT2D eigenvalue weighted by Gasteiger charge is 2.26. The molecule has 2 unspecified atom stereocenters. The lowest BCUT2D eigenvalue weighted by Gasteiger charge is -2.38. The highest BCUT2D eigenvalue weighted by atomic mass is 16.5. The number of nitrogens with zero attached hydrogens (tertiary/aromatic N) is 1. The van der Waals surface area contributed by atoms with Crippen LogP contribution >= 0.6 is 0 Å². The van der Waals surface area contributed by atoms with Gasteiger partial charge in [-0.25, -0.2) is 0 Å². The maximum atomic E-state index is 5.38. The topological polar surface area (TPSA) is 24.5 Å². The zero-order chi connectivity index (χ0) is 11.8. The number of likely N-dealkylation sites (tertiary alicyclic amines) is 1. The minimum absolute atomic E-state index is 0.730. The predicted molar refractivity (Wildman–Crippen MR) is 68.8 cm³/mol. The van der Waals surface area contributed by atoms with Crippen LogP contribution in [-0.2, 0) is 4.74 Å². The van der Waals surface area contributed by atoms with E-state index in [0.717, 1.165) is 25.2 Å². The van der Waals surface area contributed by atoms with Gasteiger partial charge in [0, 0.05) is 32.3 Å². The molecule has 3 nitrogen and oxygen atoms in total. The molecule has 1 rings (SSSR count). The molecular formula is C13H28N2O. The first kappa shape index (κ1) is 13.9. The molecule has 0 aliphatic carbocycles. The highest BCUT2D eigenvalue weighted by Crippen LogP contribution is 2.19. The molecule has 0 aromatic heterocycles. The molecule has 0 aromatic rings. The molecule has 3 heteroatoms. The van der Waals surface area contributed by atoms with E-state index in [9.17, 15) is 0 Å². The van der Waals surface area contributed by atoms with E-state index in [4.69, 9.17) is 4.74 Å². The van der Waals surface area contributed by atoms with Gasteiger partial charge in [0.15, 0.2) is 0 Å². The zero-order valence-corrected chi connectivity index (χ0v) is 11.2. The van der Waals surface area contributed by atoms with E-state index in [-0.39, 0.29) is 0 Å². The molecule has 0 amide bonds. The number of piperidine rings is 1. The lowest BCUT2D eigenvalue weighted by atomic mass is 9.90. The summed E-state index contributed by atoms with van der Waals surface area (Å²) in [7, 11) is 2.10. The second-order valence-corrected chi connectivity index (χ2v) is 4.70. The normalized spacial score (nSPS) is 27.2. The first-order valence-corrected chi connectivity index (χ1v) is 6.79. The highest BCUT2D eigenvalue weighted by molar-refractivity contribution is 4.83. The van der Waals surface area contributed by atoms with Crippen LogP contribution in [0.25, 0.3) is 0 Å². The number of hydrogen-bond donors (Lipinski definition) is 1. The second-order valence-electron chi connectivity index (χ2n) is 4.70. The summed E-state index contributed by atoms with van der Waals surface area (Å²) in [4.78, 5) is 2.60. The number of nitrogens with one attached hydrogen (secondary N) is 1. The van der Waals surface area contributed by atoms with E-state index >= 15 is 0 Å². The first-order valence-electron chi connectivity index (χ1n) is 6.79. The minimum Gasteiger partial charge on any atom is -0.382 e. The van der Waals surface area contributed by atoms with E-state index in [1.807, 2.05) is 0 Å². The Morgan fingerprint density at radius 1 is 1.38 bits per heavy atom. The van der Waals surface area contributed by atoms with Crippen LogP contribution in [0.5, 0.6) is 0 Å². The molecule has 0 aromatic carbocycles. The molecule has 1 saturated heterocycles. The smallest absolute Gasteiger partial charge is 0.0478 e. The van der Waals surface area contributed by atoms with Crippen LogP contribution < -0.4 is 5.32 Å².